The van der Waals surface area contributed by atoms with E-state index in [1.807, 2.05) is 44.2 Å². The van der Waals surface area contributed by atoms with Gasteiger partial charge in [-0.2, -0.15) is 0 Å². The van der Waals surface area contributed by atoms with Crippen LogP contribution in [0, 0.1) is 11.7 Å². The minimum Gasteiger partial charge on any atom is -0.354 e. The number of benzene rings is 3. The van der Waals surface area contributed by atoms with Crippen molar-refractivity contribution in [1.29, 1.82) is 0 Å². The van der Waals surface area contributed by atoms with Crippen LogP contribution >= 0.6 is 0 Å². The molecule has 41 heavy (non-hydrogen) atoms. The molecule has 3 aromatic rings. The molecule has 8 nitrogen and oxygen atoms in total. The molecule has 0 aromatic heterocycles. The predicted molar refractivity (Wildman–Crippen MR) is 153 cm³/mol. The van der Waals surface area contributed by atoms with E-state index < -0.39 is 33.7 Å². The lowest BCUT2D eigenvalue weighted by Crippen LogP contribution is -2.51. The van der Waals surface area contributed by atoms with Gasteiger partial charge in [0.25, 0.3) is 15.9 Å². The number of amides is 3. The van der Waals surface area contributed by atoms with Crippen LogP contribution in [0.15, 0.2) is 83.8 Å². The van der Waals surface area contributed by atoms with Crippen molar-refractivity contribution in [3.05, 3.63) is 101 Å². The molecule has 0 bridgehead atoms. The van der Waals surface area contributed by atoms with Crippen LogP contribution in [0.1, 0.15) is 48.2 Å². The number of nitrogens with zero attached hydrogens (tertiary/aromatic N) is 2. The third-order valence-corrected chi connectivity index (χ3v) is 8.76. The third kappa shape index (κ3) is 7.00. The Kier molecular flexibility index (Phi) is 9.54. The average Bonchev–Trinajstić information content (AvgIpc) is 3.15. The number of carbonyl (C=O) groups excluding carboxylic acids is 3. The van der Waals surface area contributed by atoms with E-state index in [0.29, 0.717) is 6.54 Å². The number of hydrogen-bond donors (Lipinski definition) is 1. The summed E-state index contributed by atoms with van der Waals surface area (Å²) in [6.45, 7) is 3.98. The van der Waals surface area contributed by atoms with Crippen molar-refractivity contribution >= 4 is 27.7 Å². The number of carbonyl (C=O) groups is 3. The second-order valence-corrected chi connectivity index (χ2v) is 12.3. The predicted octanol–water partition coefficient (Wildman–Crippen LogP) is 4.16. The Balaban J connectivity index is 1.57. The molecule has 3 amide bonds. The molecule has 0 saturated heterocycles. The first-order valence-corrected chi connectivity index (χ1v) is 15.0. The lowest BCUT2D eigenvalue weighted by molar-refractivity contribution is -0.141. The van der Waals surface area contributed by atoms with E-state index in [2.05, 4.69) is 5.32 Å². The monoisotopic (exact) mass is 579 g/mol. The standard InChI is InChI=1S/C31H34FN3O5S/c1-22(2)20-33-30(37)27(19-23-11-4-3-5-12-23)34(21-24-13-6-8-15-26(24)32)29(36)17-10-18-35-31(38)25-14-7-9-16-28(25)41(35,39)40/h3-9,11-16,22,27H,10,17-21H2,1-2H3,(H,33,37). The van der Waals surface area contributed by atoms with E-state index in [-0.39, 0.29) is 60.2 Å². The molecule has 216 valence electrons. The van der Waals surface area contributed by atoms with Gasteiger partial charge in [-0.1, -0.05) is 74.5 Å². The maximum Gasteiger partial charge on any atom is 0.269 e. The summed E-state index contributed by atoms with van der Waals surface area (Å²) in [5.74, 6) is -1.77. The van der Waals surface area contributed by atoms with E-state index in [9.17, 15) is 27.2 Å². The van der Waals surface area contributed by atoms with Gasteiger partial charge in [0.1, 0.15) is 16.8 Å². The molecule has 0 saturated carbocycles. The molecule has 10 heteroatoms. The number of nitrogens with one attached hydrogen (secondary N) is 1. The van der Waals surface area contributed by atoms with Crippen LogP contribution in [0.4, 0.5) is 4.39 Å². The molecule has 0 fully saturated rings. The fourth-order valence-corrected chi connectivity index (χ4v) is 6.36. The molecule has 1 atom stereocenters. The van der Waals surface area contributed by atoms with Crippen molar-refractivity contribution in [1.82, 2.24) is 14.5 Å². The van der Waals surface area contributed by atoms with Gasteiger partial charge in [-0.25, -0.2) is 17.1 Å². The Bertz CT molecular complexity index is 1510. The second-order valence-electron chi connectivity index (χ2n) is 10.4. The topological polar surface area (TPSA) is 104 Å². The summed E-state index contributed by atoms with van der Waals surface area (Å²) >= 11 is 0. The molecular weight excluding hydrogens is 545 g/mol. The summed E-state index contributed by atoms with van der Waals surface area (Å²) in [4.78, 5) is 41.3. The molecule has 1 N–H and O–H groups in total. The van der Waals surface area contributed by atoms with Crippen molar-refractivity contribution in [2.45, 2.75) is 50.6 Å². The van der Waals surface area contributed by atoms with Gasteiger partial charge in [-0.3, -0.25) is 14.4 Å². The van der Waals surface area contributed by atoms with Gasteiger partial charge < -0.3 is 10.2 Å². The molecule has 0 spiro atoms. The quantitative estimate of drug-likeness (QED) is 0.347. The highest BCUT2D eigenvalue weighted by Gasteiger charge is 2.40. The molecule has 1 aliphatic rings. The summed E-state index contributed by atoms with van der Waals surface area (Å²) in [7, 11) is -4.01. The maximum atomic E-state index is 14.7. The van der Waals surface area contributed by atoms with Crippen LogP contribution in [0.2, 0.25) is 0 Å². The number of halogens is 1. The van der Waals surface area contributed by atoms with Crippen LogP contribution in [-0.2, 0) is 32.6 Å². The van der Waals surface area contributed by atoms with Gasteiger partial charge in [0.15, 0.2) is 0 Å². The maximum absolute atomic E-state index is 14.7. The normalized spacial score (nSPS) is 14.5. The Morgan fingerprint density at radius 2 is 1.61 bits per heavy atom. The molecule has 4 rings (SSSR count). The van der Waals surface area contributed by atoms with Crippen LogP contribution in [0.25, 0.3) is 0 Å². The molecule has 0 radical (unpaired) electrons. The summed E-state index contributed by atoms with van der Waals surface area (Å²) in [6.07, 6.45) is 0.101. The van der Waals surface area contributed by atoms with Gasteiger partial charge in [-0.15, -0.1) is 0 Å². The molecular formula is C31H34FN3O5S. The first-order valence-electron chi connectivity index (χ1n) is 13.6. The number of rotatable bonds is 12. The van der Waals surface area contributed by atoms with E-state index in [1.165, 1.54) is 23.1 Å². The van der Waals surface area contributed by atoms with E-state index in [0.717, 1.165) is 9.87 Å². The van der Waals surface area contributed by atoms with Crippen LogP contribution in [0.3, 0.4) is 0 Å². The van der Waals surface area contributed by atoms with E-state index in [1.54, 1.807) is 30.3 Å². The number of sulfonamides is 1. The van der Waals surface area contributed by atoms with Crippen molar-refractivity contribution in [3.8, 4) is 0 Å². The van der Waals surface area contributed by atoms with Gasteiger partial charge in [0.2, 0.25) is 11.8 Å². The fraction of sp³-hybridized carbons (Fsp3) is 0.323. The molecule has 1 unspecified atom stereocenters. The lowest BCUT2D eigenvalue weighted by Gasteiger charge is -2.32. The summed E-state index contributed by atoms with van der Waals surface area (Å²) < 4.78 is 41.4. The summed E-state index contributed by atoms with van der Waals surface area (Å²) in [6, 6.07) is 20.4. The molecule has 0 aliphatic carbocycles. The SMILES string of the molecule is CC(C)CNC(=O)C(Cc1ccccc1)N(Cc1ccccc1F)C(=O)CCCN1C(=O)c2ccccc2S1(=O)=O. The Morgan fingerprint density at radius 1 is 0.951 bits per heavy atom. The van der Waals surface area contributed by atoms with Crippen molar-refractivity contribution in [3.63, 3.8) is 0 Å². The number of hydrogen-bond acceptors (Lipinski definition) is 5. The van der Waals surface area contributed by atoms with Crippen LogP contribution in [-0.4, -0.2) is 54.5 Å². The van der Waals surface area contributed by atoms with Crippen LogP contribution in [0.5, 0.6) is 0 Å². The molecule has 1 heterocycles. The molecule has 3 aromatic carbocycles. The van der Waals surface area contributed by atoms with Crippen molar-refractivity contribution in [2.24, 2.45) is 5.92 Å². The lowest BCUT2D eigenvalue weighted by atomic mass is 10.0. The minimum absolute atomic E-state index is 0.0389. The smallest absolute Gasteiger partial charge is 0.269 e. The first-order chi connectivity index (χ1) is 19.6. The highest BCUT2D eigenvalue weighted by molar-refractivity contribution is 7.90. The van der Waals surface area contributed by atoms with Gasteiger partial charge in [-0.05, 0) is 36.1 Å². The zero-order valence-electron chi connectivity index (χ0n) is 23.1. The van der Waals surface area contributed by atoms with Gasteiger partial charge in [0.05, 0.1) is 5.56 Å². The third-order valence-electron chi connectivity index (χ3n) is 6.92. The van der Waals surface area contributed by atoms with Crippen LogP contribution < -0.4 is 5.32 Å². The number of fused-ring (bicyclic) bond motifs is 1. The highest BCUT2D eigenvalue weighted by Crippen LogP contribution is 2.30. The Morgan fingerprint density at radius 3 is 2.29 bits per heavy atom. The molecule has 1 aliphatic heterocycles. The highest BCUT2D eigenvalue weighted by atomic mass is 32.2. The summed E-state index contributed by atoms with van der Waals surface area (Å²) in [5, 5.41) is 2.91. The van der Waals surface area contributed by atoms with E-state index in [4.69, 9.17) is 0 Å². The van der Waals surface area contributed by atoms with Gasteiger partial charge >= 0.3 is 0 Å². The Labute approximate surface area is 240 Å². The Hall–Kier alpha value is -4.05. The zero-order chi connectivity index (χ0) is 29.6. The summed E-state index contributed by atoms with van der Waals surface area (Å²) in [5.41, 5.74) is 1.18. The zero-order valence-corrected chi connectivity index (χ0v) is 23.9. The average molecular weight is 580 g/mol. The van der Waals surface area contributed by atoms with Crippen molar-refractivity contribution < 1.29 is 27.2 Å². The fourth-order valence-electron chi connectivity index (χ4n) is 4.76. The van der Waals surface area contributed by atoms with Crippen molar-refractivity contribution in [2.75, 3.05) is 13.1 Å². The largest absolute Gasteiger partial charge is 0.354 e. The van der Waals surface area contributed by atoms with Gasteiger partial charge in [0, 0.05) is 38.0 Å². The first kappa shape index (κ1) is 29.9. The second kappa shape index (κ2) is 13.1. The minimum atomic E-state index is -4.01. The van der Waals surface area contributed by atoms with E-state index >= 15 is 0 Å².